The highest BCUT2D eigenvalue weighted by Gasteiger charge is 2.02. The van der Waals surface area contributed by atoms with E-state index in [-0.39, 0.29) is 0 Å². The van der Waals surface area contributed by atoms with E-state index in [1.807, 2.05) is 25.6 Å². The molecule has 0 atom stereocenters. The third kappa shape index (κ3) is 3.31. The molecule has 0 N–H and O–H groups in total. The average molecular weight is 158 g/mol. The van der Waals surface area contributed by atoms with Gasteiger partial charge in [-0.25, -0.2) is 0 Å². The lowest BCUT2D eigenvalue weighted by atomic mass is 10.1. The Bertz CT molecular complexity index is 99.9. The van der Waals surface area contributed by atoms with Crippen molar-refractivity contribution < 1.29 is 0 Å². The molecule has 0 spiro atoms. The van der Waals surface area contributed by atoms with Gasteiger partial charge in [0.15, 0.2) is 0 Å². The lowest BCUT2D eigenvalue weighted by molar-refractivity contribution is 1.05. The molecule has 1 aliphatic rings. The van der Waals surface area contributed by atoms with Crippen molar-refractivity contribution in [2.24, 2.45) is 0 Å². The minimum atomic E-state index is 1.27. The van der Waals surface area contributed by atoms with Crippen LogP contribution >= 0.6 is 11.8 Å². The minimum Gasteiger partial charge on any atom is -0.157 e. The molecule has 1 aliphatic heterocycles. The molecule has 0 aromatic rings. The molecule has 1 heterocycles. The summed E-state index contributed by atoms with van der Waals surface area (Å²) in [6.45, 7) is 8.48. The van der Waals surface area contributed by atoms with Gasteiger partial charge in [-0.2, -0.15) is 11.8 Å². The Morgan fingerprint density at radius 3 is 2.00 bits per heavy atom. The van der Waals surface area contributed by atoms with Crippen molar-refractivity contribution in [1.82, 2.24) is 0 Å². The first-order valence-corrected chi connectivity index (χ1v) is 5.19. The molecule has 0 radical (unpaired) electrons. The molecule has 0 fully saturated rings. The zero-order chi connectivity index (χ0) is 7.98. The lowest BCUT2D eigenvalue weighted by Gasteiger charge is -2.12. The third-order valence-electron chi connectivity index (χ3n) is 1.67. The van der Waals surface area contributed by atoms with Crippen LogP contribution in [0.4, 0.5) is 0 Å². The van der Waals surface area contributed by atoms with Crippen LogP contribution < -0.4 is 0 Å². The summed E-state index contributed by atoms with van der Waals surface area (Å²) in [4.78, 5) is 0. The van der Waals surface area contributed by atoms with Crippen molar-refractivity contribution in [3.63, 3.8) is 0 Å². The van der Waals surface area contributed by atoms with E-state index in [4.69, 9.17) is 0 Å². The Hall–Kier alpha value is 0.0900. The van der Waals surface area contributed by atoms with Crippen LogP contribution in [0, 0.1) is 0 Å². The maximum Gasteiger partial charge on any atom is 0.0143 e. The van der Waals surface area contributed by atoms with E-state index < -0.39 is 0 Å². The Kier molecular flexibility index (Phi) is 5.90. The first-order valence-electron chi connectivity index (χ1n) is 4.03. The molecule has 0 nitrogen and oxygen atoms in total. The first kappa shape index (κ1) is 10.1. The fourth-order valence-corrected chi connectivity index (χ4v) is 1.93. The fourth-order valence-electron chi connectivity index (χ4n) is 0.787. The van der Waals surface area contributed by atoms with Crippen molar-refractivity contribution in [3.05, 3.63) is 11.1 Å². The van der Waals surface area contributed by atoms with Gasteiger partial charge in [0.2, 0.25) is 0 Å². The molecular weight excluding hydrogens is 140 g/mol. The Labute approximate surface area is 69.1 Å². The molecule has 0 amide bonds. The number of rotatable bonds is 0. The largest absolute Gasteiger partial charge is 0.157 e. The van der Waals surface area contributed by atoms with Crippen LogP contribution in [0.5, 0.6) is 0 Å². The summed E-state index contributed by atoms with van der Waals surface area (Å²) in [6.07, 6.45) is 1.32. The second-order valence-electron chi connectivity index (χ2n) is 2.36. The summed E-state index contributed by atoms with van der Waals surface area (Å²) in [7, 11) is 0. The molecule has 1 rings (SSSR count). The van der Waals surface area contributed by atoms with Gasteiger partial charge in [-0.1, -0.05) is 25.0 Å². The third-order valence-corrected chi connectivity index (χ3v) is 2.80. The zero-order valence-electron chi connectivity index (χ0n) is 7.53. The lowest BCUT2D eigenvalue weighted by Crippen LogP contribution is -1.97. The van der Waals surface area contributed by atoms with Crippen LogP contribution in [0.2, 0.25) is 0 Å². The van der Waals surface area contributed by atoms with Gasteiger partial charge in [-0.3, -0.25) is 0 Å². The SMILES string of the molecule is CC.CC1=C(C)CSCC1. The Morgan fingerprint density at radius 1 is 1.10 bits per heavy atom. The predicted octanol–water partition coefficient (Wildman–Crippen LogP) is 3.49. The summed E-state index contributed by atoms with van der Waals surface area (Å²) in [5.41, 5.74) is 3.21. The van der Waals surface area contributed by atoms with Gasteiger partial charge in [-0.15, -0.1) is 0 Å². The topological polar surface area (TPSA) is 0 Å². The molecule has 0 aromatic heterocycles. The average Bonchev–Trinajstić information content (AvgIpc) is 2.00. The molecule has 0 aromatic carbocycles. The molecule has 60 valence electrons. The van der Waals surface area contributed by atoms with Crippen LogP contribution in [0.25, 0.3) is 0 Å². The summed E-state index contributed by atoms with van der Waals surface area (Å²) in [5, 5.41) is 0. The normalized spacial score (nSPS) is 18.0. The van der Waals surface area contributed by atoms with Crippen molar-refractivity contribution in [2.75, 3.05) is 11.5 Å². The highest BCUT2D eigenvalue weighted by molar-refractivity contribution is 7.99. The molecule has 0 aliphatic carbocycles. The molecule has 0 saturated heterocycles. The smallest absolute Gasteiger partial charge is 0.0143 e. The van der Waals surface area contributed by atoms with E-state index in [2.05, 4.69) is 13.8 Å². The molecule has 1 heteroatoms. The van der Waals surface area contributed by atoms with E-state index in [0.29, 0.717) is 0 Å². The molecular formula is C9H18S. The Morgan fingerprint density at radius 2 is 1.70 bits per heavy atom. The van der Waals surface area contributed by atoms with E-state index in [1.165, 1.54) is 17.9 Å². The highest BCUT2D eigenvalue weighted by atomic mass is 32.2. The Balaban J connectivity index is 0.000000371. The second kappa shape index (κ2) is 5.84. The summed E-state index contributed by atoms with van der Waals surface area (Å²) < 4.78 is 0. The monoisotopic (exact) mass is 158 g/mol. The van der Waals surface area contributed by atoms with E-state index >= 15 is 0 Å². The van der Waals surface area contributed by atoms with Crippen LogP contribution in [-0.2, 0) is 0 Å². The fraction of sp³-hybridized carbons (Fsp3) is 0.778. The van der Waals surface area contributed by atoms with Gasteiger partial charge in [0.25, 0.3) is 0 Å². The number of thioether (sulfide) groups is 1. The number of allylic oxidation sites excluding steroid dienone is 1. The quantitative estimate of drug-likeness (QED) is 0.486. The molecule has 0 unspecified atom stereocenters. The van der Waals surface area contributed by atoms with Gasteiger partial charge < -0.3 is 0 Å². The van der Waals surface area contributed by atoms with Crippen molar-refractivity contribution in [3.8, 4) is 0 Å². The van der Waals surface area contributed by atoms with E-state index in [0.717, 1.165) is 0 Å². The minimum absolute atomic E-state index is 1.27. The highest BCUT2D eigenvalue weighted by Crippen LogP contribution is 2.21. The maximum absolute atomic E-state index is 2.25. The molecule has 0 bridgehead atoms. The van der Waals surface area contributed by atoms with Gasteiger partial charge in [0, 0.05) is 5.75 Å². The number of hydrogen-bond acceptors (Lipinski definition) is 1. The van der Waals surface area contributed by atoms with Crippen LogP contribution in [0.3, 0.4) is 0 Å². The van der Waals surface area contributed by atoms with Gasteiger partial charge in [-0.05, 0) is 26.0 Å². The van der Waals surface area contributed by atoms with Crippen molar-refractivity contribution >= 4 is 11.8 Å². The number of hydrogen-bond donors (Lipinski definition) is 0. The molecule has 0 saturated carbocycles. The zero-order valence-corrected chi connectivity index (χ0v) is 8.35. The second-order valence-corrected chi connectivity index (χ2v) is 3.47. The van der Waals surface area contributed by atoms with E-state index in [1.54, 1.807) is 11.1 Å². The summed E-state index contributed by atoms with van der Waals surface area (Å²) in [6, 6.07) is 0. The van der Waals surface area contributed by atoms with Gasteiger partial charge in [0.05, 0.1) is 0 Å². The summed E-state index contributed by atoms with van der Waals surface area (Å²) in [5.74, 6) is 2.61. The predicted molar refractivity (Wildman–Crippen MR) is 51.7 cm³/mol. The maximum atomic E-state index is 2.25. The van der Waals surface area contributed by atoms with E-state index in [9.17, 15) is 0 Å². The van der Waals surface area contributed by atoms with Crippen LogP contribution in [-0.4, -0.2) is 11.5 Å². The van der Waals surface area contributed by atoms with Crippen LogP contribution in [0.15, 0.2) is 11.1 Å². The van der Waals surface area contributed by atoms with Gasteiger partial charge >= 0.3 is 0 Å². The van der Waals surface area contributed by atoms with Gasteiger partial charge in [0.1, 0.15) is 0 Å². The first-order chi connectivity index (χ1) is 4.80. The van der Waals surface area contributed by atoms with Crippen molar-refractivity contribution in [1.29, 1.82) is 0 Å². The van der Waals surface area contributed by atoms with Crippen molar-refractivity contribution in [2.45, 2.75) is 34.1 Å². The molecule has 10 heavy (non-hydrogen) atoms. The standard InChI is InChI=1S/C7H12S.C2H6/c1-6-3-4-8-5-7(6)2;1-2/h3-5H2,1-2H3;1-2H3. The summed E-state index contributed by atoms with van der Waals surface area (Å²) >= 11 is 2.05. The van der Waals surface area contributed by atoms with Crippen LogP contribution in [0.1, 0.15) is 34.1 Å².